The van der Waals surface area contributed by atoms with Crippen molar-refractivity contribution in [1.29, 1.82) is 0 Å². The highest BCUT2D eigenvalue weighted by molar-refractivity contribution is 6.35. The summed E-state index contributed by atoms with van der Waals surface area (Å²) in [5.41, 5.74) is 2.90. The number of hydrogen-bond donors (Lipinski definition) is 3. The van der Waals surface area contributed by atoms with Crippen molar-refractivity contribution in [1.82, 2.24) is 10.7 Å². The Hall–Kier alpha value is -2.65. The Bertz CT molecular complexity index is 693. The number of hydrogen-bond acceptors (Lipinski definition) is 6. The van der Waals surface area contributed by atoms with Gasteiger partial charge in [0, 0.05) is 25.1 Å². The van der Waals surface area contributed by atoms with E-state index in [1.54, 1.807) is 25.1 Å². The molecule has 0 radical (unpaired) electrons. The fourth-order valence-corrected chi connectivity index (χ4v) is 2.02. The van der Waals surface area contributed by atoms with Crippen LogP contribution < -0.4 is 20.8 Å². The Balaban J connectivity index is 2.48. The van der Waals surface area contributed by atoms with Gasteiger partial charge in [0.05, 0.1) is 25.2 Å². The van der Waals surface area contributed by atoms with Gasteiger partial charge in [-0.3, -0.25) is 14.4 Å². The summed E-state index contributed by atoms with van der Waals surface area (Å²) in [6.45, 7) is 2.04. The molecule has 0 atom stereocenters. The Kier molecular flexibility index (Phi) is 9.10. The lowest BCUT2D eigenvalue weighted by molar-refractivity contribution is -0.139. The number of nitrogens with zero attached hydrogens (tertiary/aromatic N) is 1. The molecule has 1 aromatic rings. The average Bonchev–Trinajstić information content (AvgIpc) is 2.59. The van der Waals surface area contributed by atoms with Crippen LogP contribution in [0.25, 0.3) is 0 Å². The Morgan fingerprint density at radius 2 is 1.92 bits per heavy atom. The van der Waals surface area contributed by atoms with Crippen molar-refractivity contribution in [3.8, 4) is 5.75 Å². The summed E-state index contributed by atoms with van der Waals surface area (Å²) in [6.07, 6.45) is -0.0742. The first-order valence-corrected chi connectivity index (χ1v) is 7.98. The summed E-state index contributed by atoms with van der Waals surface area (Å²) in [7, 11) is 2.97. The molecule has 0 bridgehead atoms. The molecule has 0 aliphatic carbocycles. The molecule has 0 saturated heterocycles. The zero-order valence-corrected chi connectivity index (χ0v) is 15.5. The van der Waals surface area contributed by atoms with Gasteiger partial charge >= 0.3 is 11.8 Å². The van der Waals surface area contributed by atoms with Gasteiger partial charge in [-0.1, -0.05) is 11.6 Å². The van der Waals surface area contributed by atoms with Crippen molar-refractivity contribution in [2.75, 3.05) is 32.7 Å². The first-order chi connectivity index (χ1) is 12.4. The fourth-order valence-electron chi connectivity index (χ4n) is 1.77. The molecule has 0 aliphatic heterocycles. The quantitative estimate of drug-likeness (QED) is 0.267. The molecule has 0 aliphatic rings. The highest BCUT2D eigenvalue weighted by atomic mass is 35.5. The maximum atomic E-state index is 12.0. The predicted octanol–water partition coefficient (Wildman–Crippen LogP) is 0.932. The number of halogens is 1. The molecule has 0 saturated carbocycles. The second-order valence-electron chi connectivity index (χ2n) is 5.11. The molecule has 9 nitrogen and oxygen atoms in total. The number of carbonyl (C=O) groups excluding carboxylic acids is 3. The van der Waals surface area contributed by atoms with Gasteiger partial charge in [0.15, 0.2) is 0 Å². The maximum absolute atomic E-state index is 12.0. The molecule has 26 heavy (non-hydrogen) atoms. The summed E-state index contributed by atoms with van der Waals surface area (Å²) in [5, 5.41) is 9.07. The number of ether oxygens (including phenoxy) is 2. The van der Waals surface area contributed by atoms with Crippen molar-refractivity contribution in [3.05, 3.63) is 23.2 Å². The summed E-state index contributed by atoms with van der Waals surface area (Å²) in [6, 6.07) is 4.82. The number of nitrogens with one attached hydrogen (secondary N) is 3. The van der Waals surface area contributed by atoms with E-state index < -0.39 is 11.8 Å². The number of hydrazone groups is 1. The van der Waals surface area contributed by atoms with Gasteiger partial charge in [0.2, 0.25) is 5.91 Å². The van der Waals surface area contributed by atoms with Gasteiger partial charge in [-0.2, -0.15) is 5.10 Å². The van der Waals surface area contributed by atoms with Gasteiger partial charge in [-0.05, 0) is 25.1 Å². The van der Waals surface area contributed by atoms with E-state index in [2.05, 4.69) is 21.2 Å². The maximum Gasteiger partial charge on any atom is 0.329 e. The minimum Gasteiger partial charge on any atom is -0.495 e. The molecular formula is C16H21ClN4O5. The van der Waals surface area contributed by atoms with E-state index in [4.69, 9.17) is 21.1 Å². The van der Waals surface area contributed by atoms with Crippen molar-refractivity contribution >= 4 is 40.7 Å². The van der Waals surface area contributed by atoms with E-state index in [9.17, 15) is 14.4 Å². The van der Waals surface area contributed by atoms with Crippen LogP contribution in [0, 0.1) is 0 Å². The highest BCUT2D eigenvalue weighted by Gasteiger charge is 2.12. The van der Waals surface area contributed by atoms with E-state index >= 15 is 0 Å². The monoisotopic (exact) mass is 384 g/mol. The molecule has 3 amide bonds. The zero-order valence-electron chi connectivity index (χ0n) is 14.7. The van der Waals surface area contributed by atoms with Crippen LogP contribution in [0.15, 0.2) is 23.3 Å². The second kappa shape index (κ2) is 11.1. The molecule has 0 unspecified atom stereocenters. The van der Waals surface area contributed by atoms with Crippen molar-refractivity contribution in [2.45, 2.75) is 13.3 Å². The third-order valence-corrected chi connectivity index (χ3v) is 3.29. The number of methoxy groups -OCH3 is 2. The number of anilines is 1. The number of rotatable bonds is 8. The smallest absolute Gasteiger partial charge is 0.329 e. The van der Waals surface area contributed by atoms with Crippen LogP contribution in [0.3, 0.4) is 0 Å². The Morgan fingerprint density at radius 1 is 1.19 bits per heavy atom. The standard InChI is InChI=1S/C16H21ClN4O5/c1-10(20-21-16(24)15(23)18-6-7-25-2)8-14(22)19-11-4-5-13(26-3)12(17)9-11/h4-5,9H,6-8H2,1-3H3,(H,18,23)(H,19,22)(H,21,24). The molecule has 142 valence electrons. The van der Waals surface area contributed by atoms with Crippen molar-refractivity contribution in [3.63, 3.8) is 0 Å². The van der Waals surface area contributed by atoms with Crippen LogP contribution in [0.5, 0.6) is 5.75 Å². The second-order valence-corrected chi connectivity index (χ2v) is 5.52. The zero-order chi connectivity index (χ0) is 19.5. The molecule has 1 rings (SSSR count). The van der Waals surface area contributed by atoms with E-state index in [1.807, 2.05) is 0 Å². The number of benzene rings is 1. The molecule has 0 fully saturated rings. The van der Waals surface area contributed by atoms with Crippen molar-refractivity contribution in [2.24, 2.45) is 5.10 Å². The van der Waals surface area contributed by atoms with Crippen LogP contribution in [-0.4, -0.2) is 50.8 Å². The third-order valence-electron chi connectivity index (χ3n) is 3.00. The topological polar surface area (TPSA) is 118 Å². The lowest BCUT2D eigenvalue weighted by Gasteiger charge is -2.08. The predicted molar refractivity (Wildman–Crippen MR) is 97.4 cm³/mol. The Morgan fingerprint density at radius 3 is 2.54 bits per heavy atom. The molecule has 3 N–H and O–H groups in total. The SMILES string of the molecule is COCCNC(=O)C(=O)NN=C(C)CC(=O)Nc1ccc(OC)c(Cl)c1. The molecule has 0 heterocycles. The van der Waals surface area contributed by atoms with Gasteiger partial charge in [0.25, 0.3) is 0 Å². The first kappa shape index (κ1) is 21.4. The molecular weight excluding hydrogens is 364 g/mol. The molecule has 0 spiro atoms. The van der Waals surface area contributed by atoms with Crippen LogP contribution >= 0.6 is 11.6 Å². The number of carbonyl (C=O) groups is 3. The minimum absolute atomic E-state index is 0.0742. The first-order valence-electron chi connectivity index (χ1n) is 7.61. The molecule has 1 aromatic carbocycles. The average molecular weight is 385 g/mol. The summed E-state index contributed by atoms with van der Waals surface area (Å²) >= 11 is 5.99. The van der Waals surface area contributed by atoms with Crippen LogP contribution in [-0.2, 0) is 19.1 Å². The normalized spacial score (nSPS) is 10.8. The van der Waals surface area contributed by atoms with E-state index in [-0.39, 0.29) is 25.5 Å². The number of amides is 3. The highest BCUT2D eigenvalue weighted by Crippen LogP contribution is 2.27. The van der Waals surface area contributed by atoms with E-state index in [0.717, 1.165) is 0 Å². The van der Waals surface area contributed by atoms with E-state index in [0.29, 0.717) is 22.2 Å². The van der Waals surface area contributed by atoms with Gasteiger partial charge in [-0.25, -0.2) is 5.43 Å². The van der Waals surface area contributed by atoms with E-state index in [1.165, 1.54) is 14.2 Å². The third kappa shape index (κ3) is 7.49. The van der Waals surface area contributed by atoms with Gasteiger partial charge in [-0.15, -0.1) is 0 Å². The van der Waals surface area contributed by atoms with Crippen molar-refractivity contribution < 1.29 is 23.9 Å². The summed E-state index contributed by atoms with van der Waals surface area (Å²) < 4.78 is 9.78. The molecule has 0 aromatic heterocycles. The summed E-state index contributed by atoms with van der Waals surface area (Å²) in [4.78, 5) is 34.9. The lowest BCUT2D eigenvalue weighted by atomic mass is 10.2. The molecule has 10 heteroatoms. The Labute approximate surface area is 156 Å². The lowest BCUT2D eigenvalue weighted by Crippen LogP contribution is -2.39. The van der Waals surface area contributed by atoms with Crippen LogP contribution in [0.1, 0.15) is 13.3 Å². The summed E-state index contributed by atoms with van der Waals surface area (Å²) in [5.74, 6) is -1.63. The van der Waals surface area contributed by atoms with Gasteiger partial charge < -0.3 is 20.1 Å². The van der Waals surface area contributed by atoms with Crippen LogP contribution in [0.2, 0.25) is 5.02 Å². The minimum atomic E-state index is -0.928. The van der Waals surface area contributed by atoms with Crippen LogP contribution in [0.4, 0.5) is 5.69 Å². The van der Waals surface area contributed by atoms with Gasteiger partial charge in [0.1, 0.15) is 5.75 Å². The fraction of sp³-hybridized carbons (Fsp3) is 0.375. The largest absolute Gasteiger partial charge is 0.495 e.